The van der Waals surface area contributed by atoms with Gasteiger partial charge >= 0.3 is 0 Å². The molecule has 1 aliphatic heterocycles. The second-order valence-electron chi connectivity index (χ2n) is 7.05. The van der Waals surface area contributed by atoms with Crippen LogP contribution in [-0.2, 0) is 6.54 Å². The molecule has 7 nitrogen and oxygen atoms in total. The average Bonchev–Trinajstić information content (AvgIpc) is 3.22. The van der Waals surface area contributed by atoms with Gasteiger partial charge in [0.25, 0.3) is 0 Å². The first kappa shape index (κ1) is 23.7. The Balaban J connectivity index is 0.00000300. The minimum atomic E-state index is 0. The van der Waals surface area contributed by atoms with Crippen LogP contribution in [0.2, 0.25) is 5.02 Å². The zero-order chi connectivity index (χ0) is 19.8. The van der Waals surface area contributed by atoms with E-state index in [1.165, 1.54) is 11.3 Å². The van der Waals surface area contributed by atoms with Crippen molar-refractivity contribution in [1.29, 1.82) is 0 Å². The molecule has 9 heteroatoms. The topological polar surface area (TPSA) is 61.6 Å². The standard InChI is InChI=1S/C20H30ClN7.HI/c1-3-22-20(23-8-4-5-9-26-15-24-25-16-26)28-12-10-27(11-13-28)19-14-18(21)7-6-17(19)2;/h6-7,14-16H,3-5,8-13H2,1-2H3,(H,22,23);1H. The van der Waals surface area contributed by atoms with Gasteiger partial charge in [0.1, 0.15) is 12.7 Å². The van der Waals surface area contributed by atoms with Gasteiger partial charge in [-0.3, -0.25) is 4.99 Å². The van der Waals surface area contributed by atoms with Crippen LogP contribution in [0.1, 0.15) is 25.3 Å². The highest BCUT2D eigenvalue weighted by atomic mass is 127. The predicted octanol–water partition coefficient (Wildman–Crippen LogP) is 3.43. The fourth-order valence-electron chi connectivity index (χ4n) is 3.44. The molecule has 0 atom stereocenters. The number of aryl methyl sites for hydroxylation is 2. The molecule has 1 aromatic heterocycles. The summed E-state index contributed by atoms with van der Waals surface area (Å²) in [5, 5.41) is 11.9. The van der Waals surface area contributed by atoms with Crippen LogP contribution in [0.4, 0.5) is 5.69 Å². The fourth-order valence-corrected chi connectivity index (χ4v) is 3.60. The van der Waals surface area contributed by atoms with Crippen molar-refractivity contribution in [2.75, 3.05) is 44.2 Å². The first-order valence-electron chi connectivity index (χ1n) is 10.0. The fraction of sp³-hybridized carbons (Fsp3) is 0.550. The summed E-state index contributed by atoms with van der Waals surface area (Å²) in [6.45, 7) is 10.8. The van der Waals surface area contributed by atoms with E-state index in [1.54, 1.807) is 12.7 Å². The summed E-state index contributed by atoms with van der Waals surface area (Å²) in [5.41, 5.74) is 2.51. The molecule has 1 N–H and O–H groups in total. The number of benzene rings is 1. The zero-order valence-electron chi connectivity index (χ0n) is 17.2. The predicted molar refractivity (Wildman–Crippen MR) is 131 cm³/mol. The largest absolute Gasteiger partial charge is 0.368 e. The van der Waals surface area contributed by atoms with E-state index in [1.807, 2.05) is 10.6 Å². The lowest BCUT2D eigenvalue weighted by atomic mass is 10.1. The van der Waals surface area contributed by atoms with E-state index >= 15 is 0 Å². The van der Waals surface area contributed by atoms with Crippen molar-refractivity contribution in [2.24, 2.45) is 4.99 Å². The van der Waals surface area contributed by atoms with Crippen LogP contribution in [-0.4, -0.2) is 64.9 Å². The minimum Gasteiger partial charge on any atom is -0.368 e. The van der Waals surface area contributed by atoms with Crippen molar-refractivity contribution in [2.45, 2.75) is 33.2 Å². The van der Waals surface area contributed by atoms with E-state index in [9.17, 15) is 0 Å². The number of hydrogen-bond donors (Lipinski definition) is 1. The number of piperazine rings is 1. The first-order valence-corrected chi connectivity index (χ1v) is 10.4. The molecule has 0 aliphatic carbocycles. The maximum atomic E-state index is 6.20. The van der Waals surface area contributed by atoms with Crippen molar-refractivity contribution >= 4 is 47.2 Å². The molecule has 0 spiro atoms. The molecule has 0 saturated carbocycles. The quantitative estimate of drug-likeness (QED) is 0.257. The molecule has 1 aliphatic rings. The molecule has 0 radical (unpaired) electrons. The van der Waals surface area contributed by atoms with Crippen molar-refractivity contribution in [3.05, 3.63) is 41.4 Å². The van der Waals surface area contributed by atoms with E-state index in [2.05, 4.69) is 51.3 Å². The monoisotopic (exact) mass is 531 g/mol. The summed E-state index contributed by atoms with van der Waals surface area (Å²) in [6, 6.07) is 6.12. The van der Waals surface area contributed by atoms with E-state index < -0.39 is 0 Å². The minimum absolute atomic E-state index is 0. The van der Waals surface area contributed by atoms with Gasteiger partial charge in [-0.1, -0.05) is 17.7 Å². The van der Waals surface area contributed by atoms with Gasteiger partial charge < -0.3 is 19.7 Å². The Bertz CT molecular complexity index is 758. The number of rotatable bonds is 7. The highest BCUT2D eigenvalue weighted by Gasteiger charge is 2.20. The molecule has 2 heterocycles. The molecule has 0 unspecified atom stereocenters. The Hall–Kier alpha value is -1.55. The molecule has 160 valence electrons. The van der Waals surface area contributed by atoms with Crippen LogP contribution >= 0.6 is 35.6 Å². The van der Waals surface area contributed by atoms with Crippen molar-refractivity contribution in [1.82, 2.24) is 25.0 Å². The number of halogens is 2. The van der Waals surface area contributed by atoms with Gasteiger partial charge in [0.2, 0.25) is 0 Å². The third kappa shape index (κ3) is 7.02. The Morgan fingerprint density at radius 1 is 1.14 bits per heavy atom. The Labute approximate surface area is 195 Å². The van der Waals surface area contributed by atoms with Crippen LogP contribution < -0.4 is 10.2 Å². The number of aliphatic imine (C=N–C) groups is 1. The molecule has 0 amide bonds. The summed E-state index contributed by atoms with van der Waals surface area (Å²) in [7, 11) is 0. The molecule has 0 bridgehead atoms. The van der Waals surface area contributed by atoms with Crippen LogP contribution in [0.15, 0.2) is 35.8 Å². The second kappa shape index (κ2) is 12.2. The maximum absolute atomic E-state index is 6.20. The maximum Gasteiger partial charge on any atom is 0.194 e. The van der Waals surface area contributed by atoms with Gasteiger partial charge in [-0.25, -0.2) is 0 Å². The second-order valence-corrected chi connectivity index (χ2v) is 7.48. The average molecular weight is 532 g/mol. The van der Waals surface area contributed by atoms with Crippen LogP contribution in [0.25, 0.3) is 0 Å². The number of nitrogens with one attached hydrogen (secondary N) is 1. The number of aromatic nitrogens is 3. The van der Waals surface area contributed by atoms with Gasteiger partial charge in [0.15, 0.2) is 5.96 Å². The lowest BCUT2D eigenvalue weighted by Crippen LogP contribution is -2.52. The summed E-state index contributed by atoms with van der Waals surface area (Å²) in [5.74, 6) is 1.02. The number of hydrogen-bond acceptors (Lipinski definition) is 4. The zero-order valence-corrected chi connectivity index (χ0v) is 20.3. The molecule has 3 rings (SSSR count). The highest BCUT2D eigenvalue weighted by molar-refractivity contribution is 14.0. The van der Waals surface area contributed by atoms with E-state index in [-0.39, 0.29) is 24.0 Å². The summed E-state index contributed by atoms with van der Waals surface area (Å²) >= 11 is 6.20. The lowest BCUT2D eigenvalue weighted by Gasteiger charge is -2.38. The molecule has 29 heavy (non-hydrogen) atoms. The normalized spacial score (nSPS) is 14.7. The smallest absolute Gasteiger partial charge is 0.194 e. The van der Waals surface area contributed by atoms with Crippen molar-refractivity contribution in [3.63, 3.8) is 0 Å². The van der Waals surface area contributed by atoms with Gasteiger partial charge in [0, 0.05) is 56.5 Å². The lowest BCUT2D eigenvalue weighted by molar-refractivity contribution is 0.372. The highest BCUT2D eigenvalue weighted by Crippen LogP contribution is 2.25. The Kier molecular flexibility index (Phi) is 9.99. The van der Waals surface area contributed by atoms with Crippen molar-refractivity contribution in [3.8, 4) is 0 Å². The van der Waals surface area contributed by atoms with E-state index in [0.717, 1.165) is 69.6 Å². The van der Waals surface area contributed by atoms with Gasteiger partial charge in [-0.15, -0.1) is 34.2 Å². The number of unbranched alkanes of at least 4 members (excludes halogenated alkanes) is 1. The van der Waals surface area contributed by atoms with E-state index in [0.29, 0.717) is 0 Å². The molecular formula is C20H31ClIN7. The third-order valence-electron chi connectivity index (χ3n) is 4.98. The number of anilines is 1. The summed E-state index contributed by atoms with van der Waals surface area (Å²) < 4.78 is 2.01. The van der Waals surface area contributed by atoms with Crippen LogP contribution in [0.5, 0.6) is 0 Å². The molecular weight excluding hydrogens is 501 g/mol. The van der Waals surface area contributed by atoms with Crippen LogP contribution in [0.3, 0.4) is 0 Å². The Morgan fingerprint density at radius 2 is 1.86 bits per heavy atom. The molecule has 1 aromatic carbocycles. The number of nitrogens with zero attached hydrogens (tertiary/aromatic N) is 6. The first-order chi connectivity index (χ1) is 13.7. The SMILES string of the molecule is CCNC(=NCCCCn1cnnc1)N1CCN(c2cc(Cl)ccc2C)CC1.I. The van der Waals surface area contributed by atoms with Gasteiger partial charge in [-0.05, 0) is 44.4 Å². The summed E-state index contributed by atoms with van der Waals surface area (Å²) in [4.78, 5) is 9.61. The van der Waals surface area contributed by atoms with Gasteiger partial charge in [-0.2, -0.15) is 0 Å². The van der Waals surface area contributed by atoms with Crippen LogP contribution in [0, 0.1) is 6.92 Å². The van der Waals surface area contributed by atoms with Crippen molar-refractivity contribution < 1.29 is 0 Å². The molecule has 1 fully saturated rings. The number of guanidine groups is 1. The van der Waals surface area contributed by atoms with Gasteiger partial charge in [0.05, 0.1) is 0 Å². The van der Waals surface area contributed by atoms with E-state index in [4.69, 9.17) is 16.6 Å². The summed E-state index contributed by atoms with van der Waals surface area (Å²) in [6.07, 6.45) is 5.64. The Morgan fingerprint density at radius 3 is 2.55 bits per heavy atom. The molecule has 2 aromatic rings. The molecule has 1 saturated heterocycles. The third-order valence-corrected chi connectivity index (χ3v) is 5.21.